The Morgan fingerprint density at radius 3 is 3.15 bits per heavy atom. The molecule has 0 unspecified atom stereocenters. The van der Waals surface area contributed by atoms with Crippen LogP contribution in [0, 0.1) is 0 Å². The van der Waals surface area contributed by atoms with Gasteiger partial charge in [0.1, 0.15) is 0 Å². The Morgan fingerprint density at radius 1 is 1.69 bits per heavy atom. The largest absolute Gasteiger partial charge is 0.350 e. The molecule has 0 aliphatic rings. The number of hydrogen-bond donors (Lipinski definition) is 1. The van der Waals surface area contributed by atoms with Crippen LogP contribution in [0.2, 0.25) is 0 Å². The van der Waals surface area contributed by atoms with E-state index >= 15 is 0 Å². The molecule has 0 radical (unpaired) electrons. The molecule has 7 heteroatoms. The number of nitrogens with zero attached hydrogens (tertiary/aromatic N) is 3. The predicted molar refractivity (Wildman–Crippen MR) is 53.1 cm³/mol. The molecule has 0 amide bonds. The van der Waals surface area contributed by atoms with Gasteiger partial charge in [-0.2, -0.15) is 9.61 Å². The maximum absolute atomic E-state index is 11.3. The van der Waals surface area contributed by atoms with Crippen molar-refractivity contribution in [2.24, 2.45) is 0 Å². The summed E-state index contributed by atoms with van der Waals surface area (Å²) in [5.41, 5.74) is 0.258. The van der Waals surface area contributed by atoms with Gasteiger partial charge in [-0.3, -0.25) is 4.98 Å². The van der Waals surface area contributed by atoms with Crippen LogP contribution in [-0.4, -0.2) is 25.8 Å². The molecule has 1 N–H and O–H groups in total. The highest BCUT2D eigenvalue weighted by molar-refractivity contribution is 9.10. The summed E-state index contributed by atoms with van der Waals surface area (Å²) in [7, 11) is 0. The number of hydrogen-bond acceptors (Lipinski definition) is 4. The summed E-state index contributed by atoms with van der Waals surface area (Å²) >= 11 is 4.64. The Balaban J connectivity index is 2.88. The van der Waals surface area contributed by atoms with Gasteiger partial charge in [-0.05, 0) is 22.2 Å². The molecule has 0 fully saturated rings. The molecule has 0 aliphatic carbocycles. The van der Waals surface area contributed by atoms with E-state index in [1.807, 2.05) is 6.26 Å². The van der Waals surface area contributed by atoms with E-state index in [1.165, 1.54) is 16.3 Å². The Hall–Kier alpha value is -0.820. The Bertz CT molecular complexity index is 505. The first-order valence-electron chi connectivity index (χ1n) is 3.40. The number of halogens is 1. The molecule has 0 bridgehead atoms. The average molecular weight is 261 g/mol. The van der Waals surface area contributed by atoms with Crippen molar-refractivity contribution in [3.63, 3.8) is 0 Å². The zero-order chi connectivity index (χ0) is 9.42. The Kier molecular flexibility index (Phi) is 2.12. The molecule has 13 heavy (non-hydrogen) atoms. The first-order valence-corrected chi connectivity index (χ1v) is 5.41. The molecule has 2 rings (SSSR count). The lowest BCUT2D eigenvalue weighted by atomic mass is 10.7. The monoisotopic (exact) mass is 260 g/mol. The zero-order valence-corrected chi connectivity index (χ0v) is 9.02. The summed E-state index contributed by atoms with van der Waals surface area (Å²) in [5, 5.41) is 4.43. The normalized spacial score (nSPS) is 10.9. The molecule has 0 saturated heterocycles. The molecule has 2 heterocycles. The minimum Gasteiger partial charge on any atom is -0.285 e. The van der Waals surface area contributed by atoms with E-state index in [4.69, 9.17) is 0 Å². The fourth-order valence-electron chi connectivity index (χ4n) is 0.937. The zero-order valence-electron chi connectivity index (χ0n) is 6.61. The van der Waals surface area contributed by atoms with Crippen molar-refractivity contribution in [3.05, 3.63) is 21.2 Å². The van der Waals surface area contributed by atoms with E-state index in [9.17, 15) is 4.79 Å². The van der Waals surface area contributed by atoms with Gasteiger partial charge < -0.3 is 0 Å². The van der Waals surface area contributed by atoms with Crippen LogP contribution in [0.1, 0.15) is 0 Å². The summed E-state index contributed by atoms with van der Waals surface area (Å²) in [6, 6.07) is 0. The van der Waals surface area contributed by atoms with Crippen molar-refractivity contribution in [1.82, 2.24) is 19.6 Å². The lowest BCUT2D eigenvalue weighted by molar-refractivity contribution is 0.787. The van der Waals surface area contributed by atoms with Crippen molar-refractivity contribution in [3.8, 4) is 0 Å². The van der Waals surface area contributed by atoms with Crippen molar-refractivity contribution >= 4 is 33.3 Å². The molecular formula is C6H5BrN4OS. The maximum Gasteiger partial charge on any atom is 0.350 e. The van der Waals surface area contributed by atoms with Crippen LogP contribution in [0.3, 0.4) is 0 Å². The van der Waals surface area contributed by atoms with Crippen LogP contribution in [0.25, 0.3) is 5.65 Å². The third kappa shape index (κ3) is 1.37. The lowest BCUT2D eigenvalue weighted by Gasteiger charge is -1.95. The number of nitrogens with one attached hydrogen (secondary N) is 1. The van der Waals surface area contributed by atoms with Crippen molar-refractivity contribution in [1.29, 1.82) is 0 Å². The SMILES string of the molecule is CSc1nc2c(Br)cnn2c(=O)[nH]1. The minimum atomic E-state index is -0.278. The summed E-state index contributed by atoms with van der Waals surface area (Å²) < 4.78 is 1.93. The van der Waals surface area contributed by atoms with Gasteiger partial charge in [0.15, 0.2) is 10.8 Å². The van der Waals surface area contributed by atoms with Gasteiger partial charge in [0, 0.05) is 0 Å². The molecule has 2 aromatic rings. The first kappa shape index (κ1) is 8.76. The third-order valence-electron chi connectivity index (χ3n) is 1.51. The second-order valence-corrected chi connectivity index (χ2v) is 3.93. The van der Waals surface area contributed by atoms with Crippen LogP contribution in [-0.2, 0) is 0 Å². The highest BCUT2D eigenvalue weighted by atomic mass is 79.9. The van der Waals surface area contributed by atoms with Crippen LogP contribution in [0.5, 0.6) is 0 Å². The van der Waals surface area contributed by atoms with E-state index in [0.717, 1.165) is 0 Å². The lowest BCUT2D eigenvalue weighted by Crippen LogP contribution is -2.19. The molecule has 2 aromatic heterocycles. The Morgan fingerprint density at radius 2 is 2.46 bits per heavy atom. The third-order valence-corrected chi connectivity index (χ3v) is 2.65. The van der Waals surface area contributed by atoms with Crippen LogP contribution < -0.4 is 5.69 Å². The number of H-pyrrole nitrogens is 1. The fraction of sp³-hybridized carbons (Fsp3) is 0.167. The standard InChI is InChI=1S/C6H5BrN4OS/c1-13-5-9-4-3(7)2-8-11(4)6(12)10-5/h2H,1H3,(H,9,10,12). The van der Waals surface area contributed by atoms with Crippen LogP contribution in [0.4, 0.5) is 0 Å². The van der Waals surface area contributed by atoms with Crippen molar-refractivity contribution < 1.29 is 0 Å². The minimum absolute atomic E-state index is 0.278. The molecule has 0 aliphatic heterocycles. The van der Waals surface area contributed by atoms with Crippen LogP contribution in [0.15, 0.2) is 20.6 Å². The molecule has 0 saturated carbocycles. The molecule has 0 spiro atoms. The Labute approximate surface area is 85.7 Å². The van der Waals surface area contributed by atoms with Gasteiger partial charge in [0.05, 0.1) is 10.7 Å². The molecular weight excluding hydrogens is 256 g/mol. The highest BCUT2D eigenvalue weighted by Gasteiger charge is 2.06. The van der Waals surface area contributed by atoms with Gasteiger partial charge in [0.25, 0.3) is 0 Å². The van der Waals surface area contributed by atoms with Crippen LogP contribution >= 0.6 is 27.7 Å². The second kappa shape index (κ2) is 3.15. The quantitative estimate of drug-likeness (QED) is 0.775. The van der Waals surface area contributed by atoms with Gasteiger partial charge in [0.2, 0.25) is 0 Å². The van der Waals surface area contributed by atoms with E-state index < -0.39 is 0 Å². The van der Waals surface area contributed by atoms with Gasteiger partial charge in [-0.25, -0.2) is 9.78 Å². The van der Waals surface area contributed by atoms with Crippen molar-refractivity contribution in [2.75, 3.05) is 6.26 Å². The summed E-state index contributed by atoms with van der Waals surface area (Å²) in [6.45, 7) is 0. The fourth-order valence-corrected chi connectivity index (χ4v) is 1.65. The summed E-state index contributed by atoms with van der Waals surface area (Å²) in [6.07, 6.45) is 3.39. The number of aromatic amines is 1. The van der Waals surface area contributed by atoms with E-state index in [0.29, 0.717) is 15.3 Å². The molecule has 0 aromatic carbocycles. The average Bonchev–Trinajstić information content (AvgIpc) is 2.48. The highest BCUT2D eigenvalue weighted by Crippen LogP contribution is 2.15. The number of fused-ring (bicyclic) bond motifs is 1. The van der Waals surface area contributed by atoms with E-state index in [1.54, 1.807) is 6.20 Å². The summed E-state index contributed by atoms with van der Waals surface area (Å²) in [4.78, 5) is 18.1. The second-order valence-electron chi connectivity index (χ2n) is 2.28. The topological polar surface area (TPSA) is 63.1 Å². The van der Waals surface area contributed by atoms with Gasteiger partial charge >= 0.3 is 5.69 Å². The summed E-state index contributed by atoms with van der Waals surface area (Å²) in [5.74, 6) is 0. The van der Waals surface area contributed by atoms with E-state index in [-0.39, 0.29) is 5.69 Å². The van der Waals surface area contributed by atoms with Crippen molar-refractivity contribution in [2.45, 2.75) is 5.16 Å². The smallest absolute Gasteiger partial charge is 0.285 e. The number of aromatic nitrogens is 4. The van der Waals surface area contributed by atoms with E-state index in [2.05, 4.69) is 31.0 Å². The maximum atomic E-state index is 11.3. The molecule has 0 atom stereocenters. The first-order chi connectivity index (χ1) is 6.22. The van der Waals surface area contributed by atoms with Gasteiger partial charge in [-0.15, -0.1) is 0 Å². The molecule has 5 nitrogen and oxygen atoms in total. The molecule has 68 valence electrons. The number of thioether (sulfide) groups is 1. The number of rotatable bonds is 1. The van der Waals surface area contributed by atoms with Gasteiger partial charge in [-0.1, -0.05) is 11.8 Å². The predicted octanol–water partition coefficient (Wildman–Crippen LogP) is 0.902.